The molecule has 0 aliphatic carbocycles. The maximum absolute atomic E-state index is 6.07. The van der Waals surface area contributed by atoms with Crippen LogP contribution in [0.15, 0.2) is 42.5 Å². The van der Waals surface area contributed by atoms with E-state index in [9.17, 15) is 0 Å². The molecule has 88 valence electrons. The molecule has 0 N–H and O–H groups in total. The predicted octanol–water partition coefficient (Wildman–Crippen LogP) is 5.48. The average Bonchev–Trinajstić information content (AvgIpc) is 2.32. The number of alkyl halides is 1. The second kappa shape index (κ2) is 5.94. The van der Waals surface area contributed by atoms with Gasteiger partial charge < -0.3 is 4.74 Å². The van der Waals surface area contributed by atoms with Gasteiger partial charge in [0.15, 0.2) is 0 Å². The van der Waals surface area contributed by atoms with Crippen molar-refractivity contribution in [3.05, 3.63) is 56.6 Å². The van der Waals surface area contributed by atoms with Crippen molar-refractivity contribution in [3.8, 4) is 11.5 Å². The van der Waals surface area contributed by atoms with Crippen LogP contribution in [0, 0.1) is 3.57 Å². The second-order valence-corrected chi connectivity index (χ2v) is 5.22. The molecule has 0 amide bonds. The summed E-state index contributed by atoms with van der Waals surface area (Å²) in [5, 5.41) is 0.628. The van der Waals surface area contributed by atoms with E-state index in [0.29, 0.717) is 16.7 Å². The third kappa shape index (κ3) is 3.06. The molecule has 2 aromatic rings. The fraction of sp³-hybridized carbons (Fsp3) is 0.0769. The smallest absolute Gasteiger partial charge is 0.140 e. The summed E-state index contributed by atoms with van der Waals surface area (Å²) in [6.07, 6.45) is 0. The molecule has 0 aliphatic rings. The lowest BCUT2D eigenvalue weighted by Crippen LogP contribution is -1.92. The first-order valence-corrected chi connectivity index (χ1v) is 6.97. The molecule has 2 rings (SSSR count). The van der Waals surface area contributed by atoms with Crippen LogP contribution in [-0.4, -0.2) is 0 Å². The Morgan fingerprint density at radius 1 is 1.00 bits per heavy atom. The molecule has 0 aromatic heterocycles. The van der Waals surface area contributed by atoms with Gasteiger partial charge in [0.2, 0.25) is 0 Å². The summed E-state index contributed by atoms with van der Waals surface area (Å²) < 4.78 is 6.88. The van der Waals surface area contributed by atoms with Crippen molar-refractivity contribution in [2.75, 3.05) is 0 Å². The maximum atomic E-state index is 6.07. The van der Waals surface area contributed by atoms with Crippen LogP contribution in [-0.2, 0) is 5.88 Å². The first kappa shape index (κ1) is 13.0. The molecule has 4 heteroatoms. The molecule has 17 heavy (non-hydrogen) atoms. The number of rotatable bonds is 3. The Labute approximate surface area is 124 Å². The monoisotopic (exact) mass is 378 g/mol. The van der Waals surface area contributed by atoms with E-state index >= 15 is 0 Å². The Morgan fingerprint density at radius 2 is 1.71 bits per heavy atom. The zero-order chi connectivity index (χ0) is 12.3. The zero-order valence-corrected chi connectivity index (χ0v) is 12.5. The lowest BCUT2D eigenvalue weighted by Gasteiger charge is -2.11. The number of ether oxygens (including phenoxy) is 1. The zero-order valence-electron chi connectivity index (χ0n) is 8.79. The third-order valence-electron chi connectivity index (χ3n) is 2.27. The van der Waals surface area contributed by atoms with E-state index in [4.69, 9.17) is 27.9 Å². The molecule has 0 saturated carbocycles. The molecule has 0 atom stereocenters. The van der Waals surface area contributed by atoms with Crippen LogP contribution in [0.25, 0.3) is 0 Å². The van der Waals surface area contributed by atoms with Gasteiger partial charge in [-0.25, -0.2) is 0 Å². The van der Waals surface area contributed by atoms with Gasteiger partial charge in [0.25, 0.3) is 0 Å². The van der Waals surface area contributed by atoms with Gasteiger partial charge in [-0.05, 0) is 46.9 Å². The van der Waals surface area contributed by atoms with Crippen molar-refractivity contribution in [1.82, 2.24) is 0 Å². The number of benzene rings is 2. The fourth-order valence-electron chi connectivity index (χ4n) is 1.41. The highest BCUT2D eigenvalue weighted by molar-refractivity contribution is 14.1. The minimum atomic E-state index is 0.332. The van der Waals surface area contributed by atoms with Gasteiger partial charge in [0, 0.05) is 10.6 Å². The van der Waals surface area contributed by atoms with Gasteiger partial charge in [-0.2, -0.15) is 0 Å². The molecule has 0 spiro atoms. The minimum absolute atomic E-state index is 0.332. The normalized spacial score (nSPS) is 10.3. The van der Waals surface area contributed by atoms with Crippen LogP contribution in [0.3, 0.4) is 0 Å². The summed E-state index contributed by atoms with van der Waals surface area (Å²) in [4.78, 5) is 0. The number of para-hydroxylation sites is 1. The van der Waals surface area contributed by atoms with Gasteiger partial charge in [-0.3, -0.25) is 0 Å². The van der Waals surface area contributed by atoms with E-state index in [-0.39, 0.29) is 0 Å². The molecule has 1 nitrogen and oxygen atoms in total. The van der Waals surface area contributed by atoms with Crippen molar-refractivity contribution >= 4 is 45.8 Å². The number of hydrogen-bond donors (Lipinski definition) is 0. The maximum Gasteiger partial charge on any atom is 0.140 e. The Hall–Kier alpha value is -0.450. The summed E-state index contributed by atoms with van der Waals surface area (Å²) in [6, 6.07) is 13.3. The second-order valence-electron chi connectivity index (χ2n) is 3.38. The van der Waals surface area contributed by atoms with Crippen molar-refractivity contribution < 1.29 is 4.74 Å². The highest BCUT2D eigenvalue weighted by Gasteiger charge is 2.09. The quantitative estimate of drug-likeness (QED) is 0.507. The largest absolute Gasteiger partial charge is 0.456 e. The summed E-state index contributed by atoms with van der Waals surface area (Å²) in [6.45, 7) is 0. The van der Waals surface area contributed by atoms with E-state index in [1.54, 1.807) is 0 Å². The lowest BCUT2D eigenvalue weighted by atomic mass is 10.2. The van der Waals surface area contributed by atoms with Crippen LogP contribution in [0.1, 0.15) is 5.56 Å². The van der Waals surface area contributed by atoms with Crippen molar-refractivity contribution in [1.29, 1.82) is 0 Å². The Balaban J connectivity index is 2.37. The molecule has 0 bridgehead atoms. The van der Waals surface area contributed by atoms with Crippen LogP contribution in [0.4, 0.5) is 0 Å². The standard InChI is InChI=1S/C13H9Cl2IO/c14-8-9-10(15)4-3-7-12(9)17-13-6-2-1-5-11(13)16/h1-7H,8H2. The Morgan fingerprint density at radius 3 is 2.41 bits per heavy atom. The minimum Gasteiger partial charge on any atom is -0.456 e. The molecular weight excluding hydrogens is 370 g/mol. The SMILES string of the molecule is ClCc1c(Cl)cccc1Oc1ccccc1I. The van der Waals surface area contributed by atoms with E-state index in [2.05, 4.69) is 22.6 Å². The van der Waals surface area contributed by atoms with E-state index in [1.165, 1.54) is 0 Å². The Kier molecular flexibility index (Phi) is 4.54. The highest BCUT2D eigenvalue weighted by Crippen LogP contribution is 2.33. The molecule has 0 aliphatic heterocycles. The van der Waals surface area contributed by atoms with Crippen LogP contribution in [0.5, 0.6) is 11.5 Å². The topological polar surface area (TPSA) is 9.23 Å². The van der Waals surface area contributed by atoms with Gasteiger partial charge in [-0.15, -0.1) is 11.6 Å². The fourth-order valence-corrected chi connectivity index (χ4v) is 2.48. The molecule has 0 unspecified atom stereocenters. The Bertz CT molecular complexity index is 529. The molecule has 2 aromatic carbocycles. The summed E-state index contributed by atoms with van der Waals surface area (Å²) in [7, 11) is 0. The first-order valence-electron chi connectivity index (χ1n) is 4.98. The van der Waals surface area contributed by atoms with E-state index in [1.807, 2.05) is 42.5 Å². The highest BCUT2D eigenvalue weighted by atomic mass is 127. The van der Waals surface area contributed by atoms with Crippen molar-refractivity contribution in [3.63, 3.8) is 0 Å². The van der Waals surface area contributed by atoms with E-state index < -0.39 is 0 Å². The van der Waals surface area contributed by atoms with Gasteiger partial charge >= 0.3 is 0 Å². The number of halogens is 3. The van der Waals surface area contributed by atoms with Crippen molar-refractivity contribution in [2.24, 2.45) is 0 Å². The first-order chi connectivity index (χ1) is 8.22. The van der Waals surface area contributed by atoms with Gasteiger partial charge in [0.1, 0.15) is 11.5 Å². The van der Waals surface area contributed by atoms with Crippen molar-refractivity contribution in [2.45, 2.75) is 5.88 Å². The summed E-state index contributed by atoms with van der Waals surface area (Å²) in [5.41, 5.74) is 0.815. The van der Waals surface area contributed by atoms with Gasteiger partial charge in [0.05, 0.1) is 9.45 Å². The van der Waals surface area contributed by atoms with Gasteiger partial charge in [-0.1, -0.05) is 29.8 Å². The molecule has 0 fully saturated rings. The predicted molar refractivity (Wildman–Crippen MR) is 80.2 cm³/mol. The molecular formula is C13H9Cl2IO. The summed E-state index contributed by atoms with van der Waals surface area (Å²) in [5.74, 6) is 1.84. The third-order valence-corrected chi connectivity index (χ3v) is 3.78. The lowest BCUT2D eigenvalue weighted by molar-refractivity contribution is 0.475. The summed E-state index contributed by atoms with van der Waals surface area (Å²) >= 11 is 14.2. The van der Waals surface area contributed by atoms with E-state index in [0.717, 1.165) is 14.9 Å². The van der Waals surface area contributed by atoms with Crippen LogP contribution >= 0.6 is 45.8 Å². The molecule has 0 saturated heterocycles. The molecule has 0 heterocycles. The average molecular weight is 379 g/mol. The number of hydrogen-bond acceptors (Lipinski definition) is 1. The molecule has 0 radical (unpaired) electrons. The van der Waals surface area contributed by atoms with Crippen LogP contribution < -0.4 is 4.74 Å². The van der Waals surface area contributed by atoms with Crippen LogP contribution in [0.2, 0.25) is 5.02 Å².